The van der Waals surface area contributed by atoms with Crippen LogP contribution in [-0.4, -0.2) is 20.6 Å². The summed E-state index contributed by atoms with van der Waals surface area (Å²) in [6, 6.07) is 7.58. The summed E-state index contributed by atoms with van der Waals surface area (Å²) >= 11 is 0. The van der Waals surface area contributed by atoms with E-state index < -0.39 is 16.3 Å². The van der Waals surface area contributed by atoms with Crippen LogP contribution in [0.25, 0.3) is 0 Å². The number of aryl methyl sites for hydroxylation is 1. The fourth-order valence-corrected chi connectivity index (χ4v) is 9.21. The Morgan fingerprint density at radius 1 is 0.593 bits per heavy atom. The highest BCUT2D eigenvalue weighted by molar-refractivity contribution is 7.56. The maximum Gasteiger partial charge on any atom is 0.0946 e. The van der Waals surface area contributed by atoms with E-state index in [-0.39, 0.29) is 20.6 Å². The van der Waals surface area contributed by atoms with Crippen LogP contribution in [-0.2, 0) is 0 Å². The van der Waals surface area contributed by atoms with Gasteiger partial charge >= 0.3 is 0 Å². The minimum Gasteiger partial charge on any atom is -0.499 e. The molecule has 0 amide bonds. The van der Waals surface area contributed by atoms with Crippen LogP contribution in [0.1, 0.15) is 88.6 Å². The zero-order chi connectivity index (χ0) is 21.4. The van der Waals surface area contributed by atoms with Crippen molar-refractivity contribution < 1.29 is 9.05 Å². The summed E-state index contributed by atoms with van der Waals surface area (Å²) in [5.74, 6) is 1.61. The summed E-state index contributed by atoms with van der Waals surface area (Å²) in [4.78, 5) is 0. The van der Waals surface area contributed by atoms with Gasteiger partial charge < -0.3 is 9.05 Å². The Balaban J connectivity index is 3.24. The maximum atomic E-state index is 6.55. The molecule has 0 saturated heterocycles. The van der Waals surface area contributed by atoms with Gasteiger partial charge in [-0.15, -0.1) is 12.1 Å². The van der Waals surface area contributed by atoms with Crippen molar-refractivity contribution in [2.45, 2.75) is 111 Å². The minimum atomic E-state index is -0.691. The Hall–Kier alpha value is -0.320. The van der Waals surface area contributed by atoms with Crippen LogP contribution in [0.3, 0.4) is 0 Å². The molecule has 0 radical (unpaired) electrons. The number of benzene rings is 1. The van der Waals surface area contributed by atoms with E-state index in [0.717, 1.165) is 17.1 Å². The molecule has 0 bridgehead atoms. The molecule has 1 aromatic rings. The molecule has 0 aliphatic heterocycles. The van der Waals surface area contributed by atoms with Crippen LogP contribution < -0.4 is 9.05 Å². The van der Waals surface area contributed by atoms with Gasteiger partial charge in [0.15, 0.2) is 0 Å². The van der Waals surface area contributed by atoms with Crippen LogP contribution >= 0.6 is 16.3 Å². The fourth-order valence-electron chi connectivity index (χ4n) is 3.50. The lowest BCUT2D eigenvalue weighted by Gasteiger charge is -2.42. The third-order valence-corrected chi connectivity index (χ3v) is 9.41. The summed E-state index contributed by atoms with van der Waals surface area (Å²) in [6.45, 7) is 29.2. The first kappa shape index (κ1) is 24.7. The van der Waals surface area contributed by atoms with E-state index in [1.807, 2.05) is 0 Å². The largest absolute Gasteiger partial charge is 0.499 e. The molecule has 0 heterocycles. The van der Waals surface area contributed by atoms with Crippen molar-refractivity contribution in [2.75, 3.05) is 0 Å². The lowest BCUT2D eigenvalue weighted by molar-refractivity contribution is 0.514. The molecule has 0 fully saturated rings. The number of hydrogen-bond donors (Lipinski definition) is 0. The van der Waals surface area contributed by atoms with Gasteiger partial charge in [-0.3, -0.25) is 0 Å². The van der Waals surface area contributed by atoms with Crippen LogP contribution in [0.15, 0.2) is 12.1 Å². The second kappa shape index (κ2) is 8.20. The van der Waals surface area contributed by atoms with Gasteiger partial charge in [-0.25, -0.2) is 0 Å². The Kier molecular flexibility index (Phi) is 7.51. The normalized spacial score (nSPS) is 14.0. The van der Waals surface area contributed by atoms with Crippen molar-refractivity contribution in [3.8, 4) is 11.5 Å². The SMILES string of the molecule is Cc1cc(OP(C(C)(C)C)C(C)(C)C)[c-]c(OP(C(C)(C)C)C(C)(C)C)c1. The summed E-state index contributed by atoms with van der Waals surface area (Å²) < 4.78 is 13.1. The standard InChI is InChI=1S/C23H41O2P2/c1-17-14-18(24-26(20(2,3)4)21(5,6)7)16-19(15-17)25-27(22(8,9)10)23(11,12)13/h14-15H,1-13H3/q-1. The molecule has 0 aliphatic rings. The van der Waals surface area contributed by atoms with Crippen molar-refractivity contribution >= 4 is 16.3 Å². The smallest absolute Gasteiger partial charge is 0.0946 e. The average Bonchev–Trinajstić information content (AvgIpc) is 2.36. The Bertz CT molecular complexity index is 545. The molecule has 0 N–H and O–H groups in total. The Labute approximate surface area is 171 Å². The summed E-state index contributed by atoms with van der Waals surface area (Å²) in [7, 11) is -1.38. The molecule has 2 nitrogen and oxygen atoms in total. The summed E-state index contributed by atoms with van der Waals surface area (Å²) in [6.07, 6.45) is 0. The van der Waals surface area contributed by atoms with Gasteiger partial charge in [0.25, 0.3) is 0 Å². The zero-order valence-electron chi connectivity index (χ0n) is 19.9. The zero-order valence-corrected chi connectivity index (χ0v) is 21.7. The molecule has 0 aromatic heterocycles. The van der Waals surface area contributed by atoms with Gasteiger partial charge in [0.1, 0.15) is 0 Å². The van der Waals surface area contributed by atoms with Gasteiger partial charge in [0.2, 0.25) is 0 Å². The van der Waals surface area contributed by atoms with E-state index in [0.29, 0.717) is 0 Å². The van der Waals surface area contributed by atoms with E-state index >= 15 is 0 Å². The van der Waals surface area contributed by atoms with E-state index in [2.05, 4.69) is 108 Å². The molecule has 0 saturated carbocycles. The first-order valence-electron chi connectivity index (χ1n) is 9.82. The predicted octanol–water partition coefficient (Wildman–Crippen LogP) is 8.54. The fraction of sp³-hybridized carbons (Fsp3) is 0.739. The highest BCUT2D eigenvalue weighted by atomic mass is 31.1. The van der Waals surface area contributed by atoms with E-state index in [1.54, 1.807) is 0 Å². The van der Waals surface area contributed by atoms with Crippen LogP contribution in [0.4, 0.5) is 0 Å². The van der Waals surface area contributed by atoms with Crippen molar-refractivity contribution in [1.29, 1.82) is 0 Å². The topological polar surface area (TPSA) is 18.5 Å². The molecule has 156 valence electrons. The first-order valence-corrected chi connectivity index (χ1v) is 12.3. The van der Waals surface area contributed by atoms with Gasteiger partial charge in [-0.05, 0) is 0 Å². The number of hydrogen-bond acceptors (Lipinski definition) is 2. The number of rotatable bonds is 4. The lowest BCUT2D eigenvalue weighted by Crippen LogP contribution is -2.28. The van der Waals surface area contributed by atoms with E-state index in [4.69, 9.17) is 9.05 Å². The van der Waals surface area contributed by atoms with Gasteiger partial charge in [-0.2, -0.15) is 5.56 Å². The molecule has 0 spiro atoms. The van der Waals surface area contributed by atoms with Crippen molar-refractivity contribution in [3.05, 3.63) is 23.8 Å². The molecule has 1 rings (SSSR count). The van der Waals surface area contributed by atoms with E-state index in [9.17, 15) is 0 Å². The maximum absolute atomic E-state index is 6.55. The summed E-state index contributed by atoms with van der Waals surface area (Å²) in [5, 5.41) is 0.372. The monoisotopic (exact) mass is 411 g/mol. The first-order chi connectivity index (χ1) is 11.8. The molecule has 0 aliphatic carbocycles. The molecule has 27 heavy (non-hydrogen) atoms. The Morgan fingerprint density at radius 3 is 1.07 bits per heavy atom. The minimum absolute atomic E-state index is 0.0929. The molecule has 0 unspecified atom stereocenters. The van der Waals surface area contributed by atoms with Crippen molar-refractivity contribution in [1.82, 2.24) is 0 Å². The quantitative estimate of drug-likeness (QED) is 0.365. The van der Waals surface area contributed by atoms with Crippen molar-refractivity contribution in [3.63, 3.8) is 0 Å². The van der Waals surface area contributed by atoms with Crippen LogP contribution in [0.5, 0.6) is 11.5 Å². The summed E-state index contributed by atoms with van der Waals surface area (Å²) in [5.41, 5.74) is 1.15. The third-order valence-electron chi connectivity index (χ3n) is 3.78. The van der Waals surface area contributed by atoms with Gasteiger partial charge in [0.05, 0.1) is 16.3 Å². The molecule has 0 atom stereocenters. The van der Waals surface area contributed by atoms with Gasteiger partial charge in [-0.1, -0.05) is 96.1 Å². The second-order valence-electron chi connectivity index (χ2n) is 11.3. The molecule has 1 aromatic carbocycles. The Morgan fingerprint density at radius 2 is 0.852 bits per heavy atom. The predicted molar refractivity (Wildman–Crippen MR) is 124 cm³/mol. The highest BCUT2D eigenvalue weighted by Crippen LogP contribution is 2.61. The van der Waals surface area contributed by atoms with Crippen molar-refractivity contribution in [2.24, 2.45) is 0 Å². The molecular weight excluding hydrogens is 370 g/mol. The van der Waals surface area contributed by atoms with Gasteiger partial charge in [0, 0.05) is 32.1 Å². The molecule has 4 heteroatoms. The van der Waals surface area contributed by atoms with E-state index in [1.165, 1.54) is 0 Å². The van der Waals surface area contributed by atoms with Crippen LogP contribution in [0.2, 0.25) is 0 Å². The third kappa shape index (κ3) is 7.55. The second-order valence-corrected chi connectivity index (χ2v) is 18.3. The average molecular weight is 412 g/mol. The molecular formula is C23H41O2P2-. The highest BCUT2D eigenvalue weighted by Gasteiger charge is 2.38. The lowest BCUT2D eigenvalue weighted by atomic mass is 10.2. The van der Waals surface area contributed by atoms with Crippen LogP contribution in [0, 0.1) is 13.0 Å².